The van der Waals surface area contributed by atoms with Crippen molar-refractivity contribution in [3.63, 3.8) is 0 Å². The monoisotopic (exact) mass is 254 g/mol. The molecule has 1 N–H and O–H groups in total. The number of fused-ring (bicyclic) bond motifs is 2. The Hall–Kier alpha value is -0.120. The van der Waals surface area contributed by atoms with Crippen LogP contribution in [-0.2, 0) is 4.74 Å². The quantitative estimate of drug-likeness (QED) is 0.735. The molecule has 0 aromatic rings. The van der Waals surface area contributed by atoms with Gasteiger partial charge in [-0.15, -0.1) is 0 Å². The lowest BCUT2D eigenvalue weighted by atomic mass is 9.73. The Kier molecular flexibility index (Phi) is 5.46. The molecular weight excluding hydrogens is 224 g/mol. The summed E-state index contributed by atoms with van der Waals surface area (Å²) in [7, 11) is 0. The molecule has 2 bridgehead atoms. The summed E-state index contributed by atoms with van der Waals surface area (Å²) < 4.78 is 5.43. The molecule has 2 fully saturated rings. The van der Waals surface area contributed by atoms with Crippen LogP contribution in [0.5, 0.6) is 0 Å². The molecule has 2 aliphatic rings. The van der Waals surface area contributed by atoms with Gasteiger partial charge in [0.05, 0.1) is 6.61 Å². The van der Waals surface area contributed by atoms with Gasteiger partial charge >= 0.3 is 0 Å². The number of hydrogen-bond donors (Lipinski definition) is 1. The van der Waals surface area contributed by atoms with Crippen LogP contribution in [0.3, 0.4) is 0 Å². The van der Waals surface area contributed by atoms with Crippen LogP contribution in [0.1, 0.15) is 40.0 Å². The van der Waals surface area contributed by atoms with Gasteiger partial charge in [-0.05, 0) is 45.4 Å². The molecule has 0 radical (unpaired) electrons. The van der Waals surface area contributed by atoms with Crippen molar-refractivity contribution in [1.82, 2.24) is 10.2 Å². The second kappa shape index (κ2) is 6.88. The number of hydrogen-bond acceptors (Lipinski definition) is 3. The Bertz CT molecular complexity index is 231. The van der Waals surface area contributed by atoms with E-state index in [0.717, 1.165) is 37.6 Å². The first-order chi connectivity index (χ1) is 8.72. The van der Waals surface area contributed by atoms with Crippen molar-refractivity contribution >= 4 is 0 Å². The lowest BCUT2D eigenvalue weighted by molar-refractivity contribution is 0.0260. The second-order valence-corrected chi connectivity index (χ2v) is 6.18. The summed E-state index contributed by atoms with van der Waals surface area (Å²) in [5.74, 6) is 1.73. The van der Waals surface area contributed by atoms with Gasteiger partial charge < -0.3 is 15.0 Å². The molecule has 0 amide bonds. The minimum absolute atomic E-state index is 0.706. The number of rotatable bonds is 6. The maximum absolute atomic E-state index is 5.43. The van der Waals surface area contributed by atoms with Gasteiger partial charge in [0.2, 0.25) is 0 Å². The molecule has 0 aromatic heterocycles. The average molecular weight is 254 g/mol. The van der Waals surface area contributed by atoms with E-state index in [9.17, 15) is 0 Å². The summed E-state index contributed by atoms with van der Waals surface area (Å²) in [6.45, 7) is 12.0. The number of nitrogens with one attached hydrogen (secondary N) is 1. The van der Waals surface area contributed by atoms with Gasteiger partial charge in [-0.2, -0.15) is 0 Å². The van der Waals surface area contributed by atoms with Crippen molar-refractivity contribution in [2.45, 2.75) is 52.1 Å². The van der Waals surface area contributed by atoms with Crippen LogP contribution in [0.25, 0.3) is 0 Å². The van der Waals surface area contributed by atoms with Crippen LogP contribution in [-0.4, -0.2) is 49.8 Å². The predicted octanol–water partition coefficient (Wildman–Crippen LogP) is 2.12. The van der Waals surface area contributed by atoms with Gasteiger partial charge in [-0.25, -0.2) is 0 Å². The van der Waals surface area contributed by atoms with E-state index in [0.29, 0.717) is 6.04 Å². The number of ether oxygens (including phenoxy) is 1. The molecule has 0 spiro atoms. The first-order valence-electron chi connectivity index (χ1n) is 7.77. The molecular formula is C15H30N2O. The average Bonchev–Trinajstić information content (AvgIpc) is 2.33. The third kappa shape index (κ3) is 3.46. The fraction of sp³-hybridized carbons (Fsp3) is 1.00. The van der Waals surface area contributed by atoms with Crippen molar-refractivity contribution in [3.05, 3.63) is 0 Å². The van der Waals surface area contributed by atoms with E-state index in [1.807, 2.05) is 0 Å². The first-order valence-corrected chi connectivity index (χ1v) is 7.77. The van der Waals surface area contributed by atoms with E-state index in [2.05, 4.69) is 31.0 Å². The lowest BCUT2D eigenvalue weighted by Gasteiger charge is -2.49. The number of nitrogens with zero attached hydrogens (tertiary/aromatic N) is 1. The normalized spacial score (nSPS) is 33.0. The Morgan fingerprint density at radius 1 is 1.22 bits per heavy atom. The van der Waals surface area contributed by atoms with Gasteiger partial charge in [-0.1, -0.05) is 6.42 Å². The Morgan fingerprint density at radius 2 is 1.89 bits per heavy atom. The van der Waals surface area contributed by atoms with E-state index in [-0.39, 0.29) is 0 Å². The van der Waals surface area contributed by atoms with Crippen LogP contribution in [0.15, 0.2) is 0 Å². The molecule has 106 valence electrons. The van der Waals surface area contributed by atoms with E-state index in [1.165, 1.54) is 32.4 Å². The molecule has 1 saturated heterocycles. The fourth-order valence-corrected chi connectivity index (χ4v) is 3.67. The van der Waals surface area contributed by atoms with Crippen molar-refractivity contribution in [1.29, 1.82) is 0 Å². The van der Waals surface area contributed by atoms with Crippen LogP contribution >= 0.6 is 0 Å². The van der Waals surface area contributed by atoms with Crippen LogP contribution in [0.4, 0.5) is 0 Å². The minimum atomic E-state index is 0.706. The number of likely N-dealkylation sites (tertiary alicyclic amines) is 1. The maximum Gasteiger partial charge on any atom is 0.0590 e. The zero-order chi connectivity index (χ0) is 13.0. The Morgan fingerprint density at radius 3 is 2.44 bits per heavy atom. The molecule has 1 aliphatic carbocycles. The predicted molar refractivity (Wildman–Crippen MR) is 75.8 cm³/mol. The van der Waals surface area contributed by atoms with Gasteiger partial charge in [0.15, 0.2) is 0 Å². The highest BCUT2D eigenvalue weighted by atomic mass is 16.5. The van der Waals surface area contributed by atoms with E-state index in [4.69, 9.17) is 4.74 Å². The topological polar surface area (TPSA) is 24.5 Å². The zero-order valence-corrected chi connectivity index (χ0v) is 12.3. The minimum Gasteiger partial charge on any atom is -0.380 e. The second-order valence-electron chi connectivity index (χ2n) is 6.18. The summed E-state index contributed by atoms with van der Waals surface area (Å²) in [4.78, 5) is 2.68. The van der Waals surface area contributed by atoms with Crippen molar-refractivity contribution in [3.8, 4) is 0 Å². The molecule has 1 aliphatic heterocycles. The molecule has 0 aromatic carbocycles. The van der Waals surface area contributed by atoms with Crippen LogP contribution < -0.4 is 5.32 Å². The molecule has 1 saturated carbocycles. The summed E-state index contributed by atoms with van der Waals surface area (Å²) >= 11 is 0. The summed E-state index contributed by atoms with van der Waals surface area (Å²) in [6.07, 6.45) is 4.25. The highest BCUT2D eigenvalue weighted by Crippen LogP contribution is 2.35. The Balaban J connectivity index is 1.84. The largest absolute Gasteiger partial charge is 0.380 e. The molecule has 2 unspecified atom stereocenters. The van der Waals surface area contributed by atoms with Gasteiger partial charge in [0.1, 0.15) is 0 Å². The number of piperidine rings is 1. The lowest BCUT2D eigenvalue weighted by Crippen LogP contribution is -2.58. The van der Waals surface area contributed by atoms with Crippen molar-refractivity contribution in [2.24, 2.45) is 11.8 Å². The van der Waals surface area contributed by atoms with Crippen molar-refractivity contribution in [2.75, 3.05) is 32.8 Å². The fourth-order valence-electron chi connectivity index (χ4n) is 3.67. The van der Waals surface area contributed by atoms with Gasteiger partial charge in [-0.3, -0.25) is 0 Å². The van der Waals surface area contributed by atoms with Gasteiger partial charge in [0.25, 0.3) is 0 Å². The summed E-state index contributed by atoms with van der Waals surface area (Å²) in [5.41, 5.74) is 0. The molecule has 2 rings (SSSR count). The first kappa shape index (κ1) is 14.3. The van der Waals surface area contributed by atoms with Crippen molar-refractivity contribution < 1.29 is 4.74 Å². The highest BCUT2D eigenvalue weighted by molar-refractivity contribution is 4.95. The SMILES string of the molecule is CCOCCNC1C2CCCC1CN(C(C)C)C2. The highest BCUT2D eigenvalue weighted by Gasteiger charge is 2.39. The molecule has 2 atom stereocenters. The van der Waals surface area contributed by atoms with Crippen LogP contribution in [0, 0.1) is 11.8 Å². The molecule has 1 heterocycles. The summed E-state index contributed by atoms with van der Waals surface area (Å²) in [5, 5.41) is 3.77. The van der Waals surface area contributed by atoms with E-state index in [1.54, 1.807) is 0 Å². The van der Waals surface area contributed by atoms with E-state index < -0.39 is 0 Å². The molecule has 18 heavy (non-hydrogen) atoms. The third-order valence-electron chi connectivity index (χ3n) is 4.66. The zero-order valence-electron chi connectivity index (χ0n) is 12.3. The maximum atomic E-state index is 5.43. The van der Waals surface area contributed by atoms with Gasteiger partial charge in [0, 0.05) is 38.3 Å². The van der Waals surface area contributed by atoms with E-state index >= 15 is 0 Å². The Labute approximate surface area is 112 Å². The van der Waals surface area contributed by atoms with Crippen LogP contribution in [0.2, 0.25) is 0 Å². The molecule has 3 nitrogen and oxygen atoms in total. The third-order valence-corrected chi connectivity index (χ3v) is 4.66. The smallest absolute Gasteiger partial charge is 0.0590 e. The standard InChI is InChI=1S/C15H30N2O/c1-4-18-9-8-16-15-13-6-5-7-14(15)11-17(10-13)12(2)3/h12-16H,4-11H2,1-3H3. The molecule has 3 heteroatoms. The summed E-state index contributed by atoms with van der Waals surface area (Å²) in [6, 6.07) is 1.45.